The molecule has 0 saturated carbocycles. The van der Waals surface area contributed by atoms with Gasteiger partial charge in [-0.2, -0.15) is 0 Å². The third-order valence-corrected chi connectivity index (χ3v) is 4.46. The molecule has 0 saturated heterocycles. The van der Waals surface area contributed by atoms with Crippen LogP contribution in [0.3, 0.4) is 0 Å². The molecule has 1 unspecified atom stereocenters. The molecule has 4 heteroatoms. The lowest BCUT2D eigenvalue weighted by atomic mass is 10.0. The van der Waals surface area contributed by atoms with Crippen molar-refractivity contribution in [1.29, 1.82) is 0 Å². The summed E-state index contributed by atoms with van der Waals surface area (Å²) in [5.74, 6) is -0.289. The number of hydrogen-bond donors (Lipinski definition) is 1. The highest BCUT2D eigenvalue weighted by Crippen LogP contribution is 2.27. The molecule has 0 spiro atoms. The minimum absolute atomic E-state index is 0.225. The number of thiophene rings is 1. The summed E-state index contributed by atoms with van der Waals surface area (Å²) in [6.07, 6.45) is 1.85. The molecule has 20 heavy (non-hydrogen) atoms. The Labute approximate surface area is 128 Å². The lowest BCUT2D eigenvalue weighted by molar-refractivity contribution is 0.530. The zero-order valence-electron chi connectivity index (χ0n) is 11.7. The Balaban J connectivity index is 2.18. The van der Waals surface area contributed by atoms with Crippen molar-refractivity contribution in [1.82, 2.24) is 5.32 Å². The van der Waals surface area contributed by atoms with Gasteiger partial charge in [-0.1, -0.05) is 24.6 Å². The average Bonchev–Trinajstić information content (AvgIpc) is 2.83. The summed E-state index contributed by atoms with van der Waals surface area (Å²) >= 11 is 7.89. The second kappa shape index (κ2) is 7.21. The Bertz CT molecular complexity index is 567. The third-order valence-electron chi connectivity index (χ3n) is 3.23. The maximum absolute atomic E-state index is 13.1. The van der Waals surface area contributed by atoms with Crippen LogP contribution in [0.2, 0.25) is 5.02 Å². The van der Waals surface area contributed by atoms with Crippen LogP contribution in [0, 0.1) is 12.7 Å². The van der Waals surface area contributed by atoms with Crippen molar-refractivity contribution < 1.29 is 4.39 Å². The maximum atomic E-state index is 13.1. The molecule has 0 radical (unpaired) electrons. The van der Waals surface area contributed by atoms with Gasteiger partial charge < -0.3 is 5.32 Å². The Morgan fingerprint density at radius 2 is 2.15 bits per heavy atom. The van der Waals surface area contributed by atoms with Crippen LogP contribution in [0.5, 0.6) is 0 Å². The molecule has 0 aliphatic rings. The van der Waals surface area contributed by atoms with Gasteiger partial charge in [0.15, 0.2) is 0 Å². The standard InChI is InChI=1S/C16H19ClFNS/c1-3-6-19-16(13-7-11(2)20-10-13)8-12-4-5-14(18)9-15(12)17/h4-5,7,9-10,16,19H,3,6,8H2,1-2H3. The van der Waals surface area contributed by atoms with Gasteiger partial charge in [-0.25, -0.2) is 4.39 Å². The topological polar surface area (TPSA) is 12.0 Å². The first-order valence-electron chi connectivity index (χ1n) is 6.82. The number of aryl methyl sites for hydroxylation is 1. The lowest BCUT2D eigenvalue weighted by Gasteiger charge is -2.18. The highest BCUT2D eigenvalue weighted by molar-refractivity contribution is 7.10. The summed E-state index contributed by atoms with van der Waals surface area (Å²) in [5.41, 5.74) is 2.26. The van der Waals surface area contributed by atoms with E-state index in [1.165, 1.54) is 22.6 Å². The second-order valence-electron chi connectivity index (χ2n) is 4.94. The molecule has 0 fully saturated rings. The molecule has 1 aromatic carbocycles. The quantitative estimate of drug-likeness (QED) is 0.779. The van der Waals surface area contributed by atoms with Crippen molar-refractivity contribution in [2.24, 2.45) is 0 Å². The fourth-order valence-corrected chi connectivity index (χ4v) is 3.18. The Morgan fingerprint density at radius 3 is 2.75 bits per heavy atom. The lowest BCUT2D eigenvalue weighted by Crippen LogP contribution is -2.23. The van der Waals surface area contributed by atoms with Gasteiger partial charge in [0.05, 0.1) is 0 Å². The van der Waals surface area contributed by atoms with Crippen molar-refractivity contribution in [3.05, 3.63) is 56.5 Å². The summed E-state index contributed by atoms with van der Waals surface area (Å²) in [6, 6.07) is 7.05. The molecule has 0 bridgehead atoms. The summed E-state index contributed by atoms with van der Waals surface area (Å²) in [4.78, 5) is 1.30. The molecule has 1 nitrogen and oxygen atoms in total. The molecule has 1 heterocycles. The number of benzene rings is 1. The van der Waals surface area contributed by atoms with Crippen molar-refractivity contribution in [2.75, 3.05) is 6.54 Å². The summed E-state index contributed by atoms with van der Waals surface area (Å²) in [5, 5.41) is 6.22. The smallest absolute Gasteiger partial charge is 0.124 e. The minimum Gasteiger partial charge on any atom is -0.310 e. The van der Waals surface area contributed by atoms with E-state index < -0.39 is 0 Å². The molecule has 2 aromatic rings. The molecule has 1 aromatic heterocycles. The maximum Gasteiger partial charge on any atom is 0.124 e. The fourth-order valence-electron chi connectivity index (χ4n) is 2.18. The summed E-state index contributed by atoms with van der Waals surface area (Å²) in [6.45, 7) is 5.21. The van der Waals surface area contributed by atoms with Gasteiger partial charge >= 0.3 is 0 Å². The number of nitrogens with one attached hydrogen (secondary N) is 1. The first kappa shape index (κ1) is 15.5. The largest absolute Gasteiger partial charge is 0.310 e. The molecular weight excluding hydrogens is 293 g/mol. The van der Waals surface area contributed by atoms with Crippen molar-refractivity contribution in [3.63, 3.8) is 0 Å². The van der Waals surface area contributed by atoms with Gasteiger partial charge in [0.1, 0.15) is 5.82 Å². The van der Waals surface area contributed by atoms with Gasteiger partial charge in [0.2, 0.25) is 0 Å². The van der Waals surface area contributed by atoms with Gasteiger partial charge in [-0.05, 0) is 61.0 Å². The zero-order valence-corrected chi connectivity index (χ0v) is 13.3. The zero-order chi connectivity index (χ0) is 14.5. The highest BCUT2D eigenvalue weighted by atomic mass is 35.5. The molecule has 1 N–H and O–H groups in total. The molecule has 1 atom stereocenters. The number of halogens is 2. The predicted molar refractivity (Wildman–Crippen MR) is 85.2 cm³/mol. The SMILES string of the molecule is CCCNC(Cc1ccc(F)cc1Cl)c1csc(C)c1. The van der Waals surface area contributed by atoms with E-state index in [1.54, 1.807) is 17.4 Å². The Morgan fingerprint density at radius 1 is 1.35 bits per heavy atom. The van der Waals surface area contributed by atoms with Gasteiger partial charge in [0, 0.05) is 15.9 Å². The van der Waals surface area contributed by atoms with Crippen LogP contribution in [0.4, 0.5) is 4.39 Å². The van der Waals surface area contributed by atoms with Crippen LogP contribution in [-0.2, 0) is 6.42 Å². The average molecular weight is 312 g/mol. The van der Waals surface area contributed by atoms with Gasteiger partial charge in [-0.3, -0.25) is 0 Å². The van der Waals surface area contributed by atoms with E-state index in [1.807, 2.05) is 0 Å². The minimum atomic E-state index is -0.289. The first-order chi connectivity index (χ1) is 9.60. The van der Waals surface area contributed by atoms with E-state index in [0.29, 0.717) is 5.02 Å². The van der Waals surface area contributed by atoms with Crippen LogP contribution in [0.1, 0.15) is 35.4 Å². The van der Waals surface area contributed by atoms with Crippen LogP contribution < -0.4 is 5.32 Å². The first-order valence-corrected chi connectivity index (χ1v) is 8.08. The Kier molecular flexibility index (Phi) is 5.58. The van der Waals surface area contributed by atoms with Crippen LogP contribution in [0.25, 0.3) is 0 Å². The highest BCUT2D eigenvalue weighted by Gasteiger charge is 2.15. The summed E-state index contributed by atoms with van der Waals surface area (Å²) in [7, 11) is 0. The number of hydrogen-bond acceptors (Lipinski definition) is 2. The molecule has 0 aliphatic heterocycles. The fraction of sp³-hybridized carbons (Fsp3) is 0.375. The molecule has 0 amide bonds. The van der Waals surface area contributed by atoms with E-state index in [0.717, 1.165) is 24.9 Å². The molecule has 108 valence electrons. The van der Waals surface area contributed by atoms with E-state index in [9.17, 15) is 4.39 Å². The molecular formula is C16H19ClFNS. The Hall–Kier alpha value is -0.900. The molecule has 0 aliphatic carbocycles. The van der Waals surface area contributed by atoms with Gasteiger partial charge in [0.25, 0.3) is 0 Å². The van der Waals surface area contributed by atoms with Crippen molar-refractivity contribution >= 4 is 22.9 Å². The predicted octanol–water partition coefficient (Wildman–Crippen LogP) is 5.13. The van der Waals surface area contributed by atoms with Crippen LogP contribution in [-0.4, -0.2) is 6.54 Å². The van der Waals surface area contributed by atoms with Gasteiger partial charge in [-0.15, -0.1) is 11.3 Å². The summed E-state index contributed by atoms with van der Waals surface area (Å²) < 4.78 is 13.1. The monoisotopic (exact) mass is 311 g/mol. The van der Waals surface area contributed by atoms with E-state index >= 15 is 0 Å². The van der Waals surface area contributed by atoms with E-state index in [2.05, 4.69) is 30.6 Å². The van der Waals surface area contributed by atoms with E-state index in [4.69, 9.17) is 11.6 Å². The molecule has 2 rings (SSSR count). The van der Waals surface area contributed by atoms with Crippen LogP contribution >= 0.6 is 22.9 Å². The van der Waals surface area contributed by atoms with E-state index in [-0.39, 0.29) is 11.9 Å². The normalized spacial score (nSPS) is 12.6. The third kappa shape index (κ3) is 4.05. The number of rotatable bonds is 6. The van der Waals surface area contributed by atoms with Crippen molar-refractivity contribution in [3.8, 4) is 0 Å². The van der Waals surface area contributed by atoms with Crippen molar-refractivity contribution in [2.45, 2.75) is 32.7 Å². The van der Waals surface area contributed by atoms with Crippen LogP contribution in [0.15, 0.2) is 29.6 Å². The second-order valence-corrected chi connectivity index (χ2v) is 6.46.